The zero-order valence-electron chi connectivity index (χ0n) is 29.7. The van der Waals surface area contributed by atoms with Gasteiger partial charge in [0.15, 0.2) is 24.1 Å². The van der Waals surface area contributed by atoms with E-state index in [0.717, 1.165) is 12.1 Å². The topological polar surface area (TPSA) is 291 Å². The van der Waals surface area contributed by atoms with E-state index < -0.39 is 131 Å². The van der Waals surface area contributed by atoms with Gasteiger partial charge < -0.3 is 75.0 Å². The third-order valence-corrected chi connectivity index (χ3v) is 10.7. The van der Waals surface area contributed by atoms with Crippen molar-refractivity contribution in [2.24, 2.45) is 0 Å². The summed E-state index contributed by atoms with van der Waals surface area (Å²) in [5, 5.41) is 102. The summed E-state index contributed by atoms with van der Waals surface area (Å²) in [7, 11) is 2.82. The number of hydrogen-bond donors (Lipinski definition) is 10. The number of carboxylic acids is 1. The lowest BCUT2D eigenvalue weighted by atomic mass is 9.74. The molecule has 0 amide bonds. The van der Waals surface area contributed by atoms with E-state index in [1.54, 1.807) is 14.0 Å². The highest BCUT2D eigenvalue weighted by atomic mass is 16.7. The Labute approximate surface area is 311 Å². The highest BCUT2D eigenvalue weighted by Crippen LogP contribution is 2.57. The number of aromatic hydroxyl groups is 3. The Balaban J connectivity index is 1.34. The van der Waals surface area contributed by atoms with Gasteiger partial charge in [0.2, 0.25) is 0 Å². The van der Waals surface area contributed by atoms with Crippen molar-refractivity contribution in [3.8, 4) is 34.1 Å². The van der Waals surface area contributed by atoms with Crippen molar-refractivity contribution >= 4 is 17.5 Å². The number of phenols is 3. The Hall–Kier alpha value is -4.73. The molecule has 3 aromatic carbocycles. The SMILES string of the molecule is CN[C@@H]1[C@H](O[C@@H]2OC[C@@H](O)[C@H](O)[C@H]2O)[C@@H](O)[C@H](O[C@H]2c3cc(C)c(C(=O)O)c(O)c3-c3c(cc4c(c3O)C(=O)c3cc(OC)cc(O)c3C4=O)[C@@H]2O)O[C@@H]1C. The summed E-state index contributed by atoms with van der Waals surface area (Å²) in [4.78, 5) is 40.2. The first kappa shape index (κ1) is 38.5. The van der Waals surface area contributed by atoms with E-state index in [1.807, 2.05) is 0 Å². The van der Waals surface area contributed by atoms with Gasteiger partial charge in [0.1, 0.15) is 71.3 Å². The first-order valence-corrected chi connectivity index (χ1v) is 17.2. The average Bonchev–Trinajstić information content (AvgIpc) is 3.13. The third kappa shape index (κ3) is 5.93. The molecule has 2 fully saturated rings. The summed E-state index contributed by atoms with van der Waals surface area (Å²) in [6, 6.07) is 3.89. The predicted molar refractivity (Wildman–Crippen MR) is 183 cm³/mol. The van der Waals surface area contributed by atoms with Crippen LogP contribution < -0.4 is 10.1 Å². The van der Waals surface area contributed by atoms with Gasteiger partial charge in [0.25, 0.3) is 0 Å². The van der Waals surface area contributed by atoms with Crippen LogP contribution in [0, 0.1) is 6.92 Å². The van der Waals surface area contributed by atoms with E-state index in [4.69, 9.17) is 23.7 Å². The Morgan fingerprint density at radius 2 is 1.47 bits per heavy atom. The van der Waals surface area contributed by atoms with Gasteiger partial charge in [0, 0.05) is 28.3 Å². The number of aliphatic hydroxyl groups is 5. The molecule has 0 aromatic heterocycles. The second-order valence-corrected chi connectivity index (χ2v) is 13.9. The van der Waals surface area contributed by atoms with Crippen molar-refractivity contribution in [1.82, 2.24) is 5.32 Å². The maximum atomic E-state index is 13.9. The molecule has 10 N–H and O–H groups in total. The summed E-state index contributed by atoms with van der Waals surface area (Å²) >= 11 is 0. The number of aryl methyl sites for hydroxylation is 1. The standard InChI is InChI=1S/C37H39NO17/c1-10-5-16-22(29(45)19(10)35(49)50)21-14(8-15-23(30(21)46)26(42)13-6-12(51-4)7-17(39)20(13)25(15)41)27(43)33(16)54-37-32(48)34(24(38-3)11(2)53-37)55-36-31(47)28(44)18(40)9-52-36/h5-8,11,18,24,27-28,31-34,36-40,43-48H,9H2,1-4H3,(H,49,50)/t11-,18-,24+,27+,28+,31-,32-,33+,34+,36+,37+/m1/s1. The first-order chi connectivity index (χ1) is 26.0. The van der Waals surface area contributed by atoms with Crippen molar-refractivity contribution in [3.63, 3.8) is 0 Å². The third-order valence-electron chi connectivity index (χ3n) is 10.7. The summed E-state index contributed by atoms with van der Waals surface area (Å²) in [6.07, 6.45) is -15.2. The molecule has 0 bridgehead atoms. The van der Waals surface area contributed by atoms with Gasteiger partial charge in [-0.25, -0.2) is 4.79 Å². The maximum Gasteiger partial charge on any atom is 0.339 e. The van der Waals surface area contributed by atoms with Crippen LogP contribution in [-0.4, -0.2) is 140 Å². The van der Waals surface area contributed by atoms with Crippen LogP contribution in [0.5, 0.6) is 23.0 Å². The molecular formula is C37H39NO17. The number of fused-ring (bicyclic) bond motifs is 5. The van der Waals surface area contributed by atoms with E-state index >= 15 is 0 Å². The maximum absolute atomic E-state index is 13.9. The largest absolute Gasteiger partial charge is 0.507 e. The minimum atomic E-state index is -1.85. The van der Waals surface area contributed by atoms with Crippen LogP contribution in [0.25, 0.3) is 11.1 Å². The van der Waals surface area contributed by atoms with E-state index in [9.17, 15) is 60.3 Å². The fraction of sp³-hybridized carbons (Fsp3) is 0.432. The lowest BCUT2D eigenvalue weighted by Crippen LogP contribution is -2.65. The highest BCUT2D eigenvalue weighted by Gasteiger charge is 2.51. The molecule has 0 unspecified atom stereocenters. The zero-order chi connectivity index (χ0) is 39.9. The molecule has 4 aliphatic rings. The average molecular weight is 770 g/mol. The van der Waals surface area contributed by atoms with Gasteiger partial charge >= 0.3 is 5.97 Å². The quantitative estimate of drug-likeness (QED) is 0.117. The number of carbonyl (C=O) groups excluding carboxylic acids is 2. The number of carbonyl (C=O) groups is 3. The fourth-order valence-electron chi connectivity index (χ4n) is 7.95. The number of ether oxygens (including phenoxy) is 5. The number of aliphatic hydroxyl groups excluding tert-OH is 5. The number of benzene rings is 3. The van der Waals surface area contributed by atoms with Gasteiger partial charge in [0.05, 0.1) is 37.0 Å². The monoisotopic (exact) mass is 769 g/mol. The lowest BCUT2D eigenvalue weighted by Gasteiger charge is -2.47. The second kappa shape index (κ2) is 14.1. The second-order valence-electron chi connectivity index (χ2n) is 13.9. The molecule has 2 aliphatic carbocycles. The molecule has 18 heteroatoms. The molecule has 11 atom stereocenters. The van der Waals surface area contributed by atoms with Crippen molar-refractivity contribution in [3.05, 3.63) is 68.8 Å². The molecule has 55 heavy (non-hydrogen) atoms. The van der Waals surface area contributed by atoms with Gasteiger partial charge in [-0.05, 0) is 49.7 Å². The van der Waals surface area contributed by atoms with Crippen molar-refractivity contribution < 1.29 is 84.0 Å². The Morgan fingerprint density at radius 3 is 2.13 bits per heavy atom. The minimum absolute atomic E-state index is 0.00678. The number of carboxylic acid groups (broad SMARTS) is 1. The van der Waals surface area contributed by atoms with E-state index in [2.05, 4.69) is 5.32 Å². The van der Waals surface area contributed by atoms with E-state index in [1.165, 1.54) is 26.2 Å². The van der Waals surface area contributed by atoms with Crippen LogP contribution in [0.1, 0.15) is 78.0 Å². The molecule has 0 spiro atoms. The van der Waals surface area contributed by atoms with Crippen LogP contribution in [0.15, 0.2) is 24.3 Å². The van der Waals surface area contributed by atoms with E-state index in [-0.39, 0.29) is 39.1 Å². The van der Waals surface area contributed by atoms with Gasteiger partial charge in [-0.3, -0.25) is 9.59 Å². The number of hydrogen-bond acceptors (Lipinski definition) is 17. The Morgan fingerprint density at radius 1 is 0.818 bits per heavy atom. The van der Waals surface area contributed by atoms with Crippen molar-refractivity contribution in [1.29, 1.82) is 0 Å². The van der Waals surface area contributed by atoms with Gasteiger partial charge in [-0.1, -0.05) is 6.07 Å². The number of rotatable bonds is 7. The zero-order valence-corrected chi connectivity index (χ0v) is 29.7. The molecule has 3 aromatic rings. The number of aromatic carboxylic acids is 1. The van der Waals surface area contributed by atoms with Crippen molar-refractivity contribution in [2.75, 3.05) is 20.8 Å². The molecule has 0 saturated carbocycles. The Bertz CT molecular complexity index is 2100. The Kier molecular flexibility index (Phi) is 9.87. The van der Waals surface area contributed by atoms with Crippen LogP contribution in [0.4, 0.5) is 0 Å². The molecule has 0 radical (unpaired) electrons. The molecule has 2 aliphatic heterocycles. The number of nitrogens with one attached hydrogen (secondary N) is 1. The van der Waals surface area contributed by atoms with Crippen molar-refractivity contribution in [2.45, 2.75) is 81.3 Å². The first-order valence-electron chi connectivity index (χ1n) is 17.2. The summed E-state index contributed by atoms with van der Waals surface area (Å²) in [5.74, 6) is -5.66. The number of phenolic OH excluding ortho intramolecular Hbond substituents is 2. The lowest BCUT2D eigenvalue weighted by molar-refractivity contribution is -0.339. The number of ketones is 2. The summed E-state index contributed by atoms with van der Waals surface area (Å²) < 4.78 is 28.8. The summed E-state index contributed by atoms with van der Waals surface area (Å²) in [6.45, 7) is 2.57. The van der Waals surface area contributed by atoms with Crippen LogP contribution >= 0.6 is 0 Å². The smallest absolute Gasteiger partial charge is 0.339 e. The predicted octanol–water partition coefficient (Wildman–Crippen LogP) is -0.116. The minimum Gasteiger partial charge on any atom is -0.507 e. The fourth-order valence-corrected chi connectivity index (χ4v) is 7.95. The normalized spacial score (nSPS) is 31.3. The van der Waals surface area contributed by atoms with Gasteiger partial charge in [-0.2, -0.15) is 0 Å². The molecule has 7 rings (SSSR count). The van der Waals surface area contributed by atoms with Gasteiger partial charge in [-0.15, -0.1) is 0 Å². The van der Waals surface area contributed by atoms with Crippen LogP contribution in [0.2, 0.25) is 0 Å². The summed E-state index contributed by atoms with van der Waals surface area (Å²) in [5.41, 5.74) is -3.35. The number of methoxy groups -OCH3 is 1. The number of likely N-dealkylation sites (N-methyl/N-ethyl adjacent to an activating group) is 1. The van der Waals surface area contributed by atoms with E-state index in [0.29, 0.717) is 0 Å². The molecule has 2 heterocycles. The highest BCUT2D eigenvalue weighted by molar-refractivity contribution is 6.31. The molecular weight excluding hydrogens is 730 g/mol. The molecule has 2 saturated heterocycles. The molecule has 18 nitrogen and oxygen atoms in total. The molecule has 294 valence electrons. The van der Waals surface area contributed by atoms with Crippen LogP contribution in [0.3, 0.4) is 0 Å². The van der Waals surface area contributed by atoms with Crippen LogP contribution in [-0.2, 0) is 18.9 Å².